The molecule has 1 aromatic rings. The number of piperidine rings is 1. The third-order valence-electron chi connectivity index (χ3n) is 5.92. The Morgan fingerprint density at radius 2 is 1.93 bits per heavy atom. The van der Waals surface area contributed by atoms with Gasteiger partial charge in [0.2, 0.25) is 5.91 Å². The van der Waals surface area contributed by atoms with Gasteiger partial charge in [-0.3, -0.25) is 9.59 Å². The van der Waals surface area contributed by atoms with Gasteiger partial charge in [0.25, 0.3) is 5.91 Å². The lowest BCUT2D eigenvalue weighted by Crippen LogP contribution is -2.45. The van der Waals surface area contributed by atoms with Crippen molar-refractivity contribution in [3.8, 4) is 11.5 Å². The summed E-state index contributed by atoms with van der Waals surface area (Å²) in [5.41, 5.74) is 0.577. The SMILES string of the molecule is CCCCNC(=O)C1CCCN(C(=O)c2ccc(OC3CCCC3)c(OC)c2)C1. The maximum atomic E-state index is 13.1. The Hall–Kier alpha value is -2.24. The molecule has 1 unspecified atom stereocenters. The van der Waals surface area contributed by atoms with Crippen LogP contribution in [0, 0.1) is 5.92 Å². The molecule has 0 spiro atoms. The largest absolute Gasteiger partial charge is 0.493 e. The van der Waals surface area contributed by atoms with E-state index in [-0.39, 0.29) is 23.8 Å². The van der Waals surface area contributed by atoms with E-state index in [1.165, 1.54) is 12.8 Å². The maximum absolute atomic E-state index is 13.1. The zero-order chi connectivity index (χ0) is 20.6. The van der Waals surface area contributed by atoms with E-state index in [1.807, 2.05) is 6.07 Å². The number of rotatable bonds is 8. The van der Waals surface area contributed by atoms with E-state index in [2.05, 4.69) is 12.2 Å². The van der Waals surface area contributed by atoms with Crippen molar-refractivity contribution in [1.29, 1.82) is 0 Å². The van der Waals surface area contributed by atoms with E-state index in [9.17, 15) is 9.59 Å². The summed E-state index contributed by atoms with van der Waals surface area (Å²) in [5, 5.41) is 3.00. The first-order valence-electron chi connectivity index (χ1n) is 11.0. The van der Waals surface area contributed by atoms with E-state index >= 15 is 0 Å². The van der Waals surface area contributed by atoms with Gasteiger partial charge in [-0.25, -0.2) is 0 Å². The lowest BCUT2D eigenvalue weighted by Gasteiger charge is -2.32. The summed E-state index contributed by atoms with van der Waals surface area (Å²) in [4.78, 5) is 27.2. The van der Waals surface area contributed by atoms with E-state index in [1.54, 1.807) is 24.1 Å². The number of amides is 2. The molecule has 2 amide bonds. The minimum absolute atomic E-state index is 0.0539. The van der Waals surface area contributed by atoms with Crippen molar-refractivity contribution < 1.29 is 19.1 Å². The second-order valence-electron chi connectivity index (χ2n) is 8.12. The standard InChI is InChI=1S/C23H34N2O4/c1-3-4-13-24-22(26)18-8-7-14-25(16-18)23(27)17-11-12-20(21(15-17)28-2)29-19-9-5-6-10-19/h11-12,15,18-19H,3-10,13-14,16H2,1-2H3,(H,24,26). The number of hydrogen-bond donors (Lipinski definition) is 1. The highest BCUT2D eigenvalue weighted by Crippen LogP contribution is 2.33. The summed E-state index contributed by atoms with van der Waals surface area (Å²) in [7, 11) is 1.60. The van der Waals surface area contributed by atoms with Gasteiger partial charge in [0, 0.05) is 25.2 Å². The van der Waals surface area contributed by atoms with Gasteiger partial charge >= 0.3 is 0 Å². The average Bonchev–Trinajstić information content (AvgIpc) is 3.27. The quantitative estimate of drug-likeness (QED) is 0.672. The second kappa shape index (κ2) is 10.5. The third-order valence-corrected chi connectivity index (χ3v) is 5.92. The number of carbonyl (C=O) groups excluding carboxylic acids is 2. The van der Waals surface area contributed by atoms with E-state index in [0.29, 0.717) is 36.7 Å². The van der Waals surface area contributed by atoms with Crippen LogP contribution in [0.15, 0.2) is 18.2 Å². The zero-order valence-corrected chi connectivity index (χ0v) is 17.7. The summed E-state index contributed by atoms with van der Waals surface area (Å²) in [6.45, 7) is 3.96. The molecule has 29 heavy (non-hydrogen) atoms. The van der Waals surface area contributed by atoms with Gasteiger partial charge in [0.05, 0.1) is 19.1 Å². The Bertz CT molecular complexity index is 700. The predicted molar refractivity (Wildman–Crippen MR) is 112 cm³/mol. The van der Waals surface area contributed by atoms with Crippen molar-refractivity contribution in [2.45, 2.75) is 64.4 Å². The van der Waals surface area contributed by atoms with Crippen LogP contribution < -0.4 is 14.8 Å². The maximum Gasteiger partial charge on any atom is 0.254 e. The molecule has 0 aromatic heterocycles. The molecule has 2 fully saturated rings. The molecule has 1 atom stereocenters. The fourth-order valence-electron chi connectivity index (χ4n) is 4.17. The number of unbranched alkanes of at least 4 members (excludes halogenated alkanes) is 1. The predicted octanol–water partition coefficient (Wildman–Crippen LogP) is 3.79. The van der Waals surface area contributed by atoms with Gasteiger partial charge in [-0.05, 0) is 63.1 Å². The topological polar surface area (TPSA) is 67.9 Å². The molecule has 6 heteroatoms. The van der Waals surface area contributed by atoms with Crippen molar-refractivity contribution in [2.24, 2.45) is 5.92 Å². The lowest BCUT2D eigenvalue weighted by molar-refractivity contribution is -0.126. The number of benzene rings is 1. The smallest absolute Gasteiger partial charge is 0.254 e. The van der Waals surface area contributed by atoms with Crippen LogP contribution in [0.2, 0.25) is 0 Å². The van der Waals surface area contributed by atoms with E-state index < -0.39 is 0 Å². The molecular weight excluding hydrogens is 368 g/mol. The third kappa shape index (κ3) is 5.64. The summed E-state index contributed by atoms with van der Waals surface area (Å²) < 4.78 is 11.6. The first-order chi connectivity index (χ1) is 14.1. The van der Waals surface area contributed by atoms with Gasteiger partial charge in [0.1, 0.15) is 0 Å². The molecule has 1 heterocycles. The number of ether oxygens (including phenoxy) is 2. The van der Waals surface area contributed by atoms with Crippen LogP contribution in [0.4, 0.5) is 0 Å². The molecule has 1 aromatic carbocycles. The van der Waals surface area contributed by atoms with Gasteiger partial charge < -0.3 is 19.7 Å². The highest BCUT2D eigenvalue weighted by molar-refractivity contribution is 5.95. The van der Waals surface area contributed by atoms with Crippen molar-refractivity contribution >= 4 is 11.8 Å². The monoisotopic (exact) mass is 402 g/mol. The van der Waals surface area contributed by atoms with Gasteiger partial charge in [-0.1, -0.05) is 13.3 Å². The molecule has 160 valence electrons. The fraction of sp³-hybridized carbons (Fsp3) is 0.652. The Morgan fingerprint density at radius 3 is 2.66 bits per heavy atom. The van der Waals surface area contributed by atoms with E-state index in [4.69, 9.17) is 9.47 Å². The molecule has 1 saturated carbocycles. The van der Waals surface area contributed by atoms with Gasteiger partial charge in [-0.2, -0.15) is 0 Å². The number of hydrogen-bond acceptors (Lipinski definition) is 4. The molecule has 6 nitrogen and oxygen atoms in total. The van der Waals surface area contributed by atoms with Crippen molar-refractivity contribution in [1.82, 2.24) is 10.2 Å². The number of likely N-dealkylation sites (tertiary alicyclic amines) is 1. The van der Waals surface area contributed by atoms with Crippen LogP contribution in [-0.4, -0.2) is 49.6 Å². The van der Waals surface area contributed by atoms with Gasteiger partial charge in [-0.15, -0.1) is 0 Å². The highest BCUT2D eigenvalue weighted by atomic mass is 16.5. The molecule has 1 saturated heterocycles. The summed E-state index contributed by atoms with van der Waals surface area (Å²) in [5.74, 6) is 1.17. The minimum atomic E-state index is -0.128. The molecule has 0 radical (unpaired) electrons. The first-order valence-corrected chi connectivity index (χ1v) is 11.0. The molecule has 0 bridgehead atoms. The van der Waals surface area contributed by atoms with Crippen LogP contribution in [-0.2, 0) is 4.79 Å². The van der Waals surface area contributed by atoms with Crippen molar-refractivity contribution in [3.05, 3.63) is 23.8 Å². The van der Waals surface area contributed by atoms with Crippen LogP contribution in [0.1, 0.15) is 68.6 Å². The molecule has 1 aliphatic heterocycles. The molecule has 3 rings (SSSR count). The molecule has 1 aliphatic carbocycles. The van der Waals surface area contributed by atoms with Crippen LogP contribution in [0.5, 0.6) is 11.5 Å². The Balaban J connectivity index is 1.63. The van der Waals surface area contributed by atoms with Crippen molar-refractivity contribution in [2.75, 3.05) is 26.7 Å². The Morgan fingerprint density at radius 1 is 1.14 bits per heavy atom. The summed E-state index contributed by atoms with van der Waals surface area (Å²) >= 11 is 0. The fourth-order valence-corrected chi connectivity index (χ4v) is 4.17. The number of nitrogens with zero attached hydrogens (tertiary/aromatic N) is 1. The Labute approximate surface area is 173 Å². The molecular formula is C23H34N2O4. The minimum Gasteiger partial charge on any atom is -0.493 e. The van der Waals surface area contributed by atoms with Crippen LogP contribution >= 0.6 is 0 Å². The van der Waals surface area contributed by atoms with Gasteiger partial charge in [0.15, 0.2) is 11.5 Å². The second-order valence-corrected chi connectivity index (χ2v) is 8.12. The Kier molecular flexibility index (Phi) is 7.78. The number of carbonyl (C=O) groups is 2. The summed E-state index contributed by atoms with van der Waals surface area (Å²) in [6.07, 6.45) is 8.49. The highest BCUT2D eigenvalue weighted by Gasteiger charge is 2.29. The first kappa shape index (κ1) is 21.5. The van der Waals surface area contributed by atoms with Crippen molar-refractivity contribution in [3.63, 3.8) is 0 Å². The van der Waals surface area contributed by atoms with Crippen LogP contribution in [0.25, 0.3) is 0 Å². The van der Waals surface area contributed by atoms with Crippen LogP contribution in [0.3, 0.4) is 0 Å². The summed E-state index contributed by atoms with van der Waals surface area (Å²) in [6, 6.07) is 5.40. The molecule has 1 N–H and O–H groups in total. The zero-order valence-electron chi connectivity index (χ0n) is 17.7. The normalized spacial score (nSPS) is 19.8. The number of methoxy groups -OCH3 is 1. The lowest BCUT2D eigenvalue weighted by atomic mass is 9.96. The average molecular weight is 403 g/mol. The van der Waals surface area contributed by atoms with E-state index in [0.717, 1.165) is 38.5 Å². The molecule has 2 aliphatic rings. The number of nitrogens with one attached hydrogen (secondary N) is 1.